The van der Waals surface area contributed by atoms with Crippen LogP contribution in [0.5, 0.6) is 0 Å². The van der Waals surface area contributed by atoms with Gasteiger partial charge in [-0.1, -0.05) is 43.7 Å². The summed E-state index contributed by atoms with van der Waals surface area (Å²) < 4.78 is 10.6. The second-order valence-corrected chi connectivity index (χ2v) is 8.54. The molecule has 1 atom stereocenters. The van der Waals surface area contributed by atoms with Gasteiger partial charge < -0.3 is 19.3 Å². The Morgan fingerprint density at radius 3 is 2.50 bits per heavy atom. The predicted octanol–water partition coefficient (Wildman–Crippen LogP) is 3.33. The monoisotopic (exact) mass is 440 g/mol. The summed E-state index contributed by atoms with van der Waals surface area (Å²) in [5.41, 5.74) is 4.53. The summed E-state index contributed by atoms with van der Waals surface area (Å²) in [5.74, 6) is 2.14. The Bertz CT molecular complexity index is 910. The highest BCUT2D eigenvalue weighted by atomic mass is 16.5. The molecule has 1 aromatic carbocycles. The summed E-state index contributed by atoms with van der Waals surface area (Å²) >= 11 is 0. The maximum Gasteiger partial charge on any atom is 0.248 e. The van der Waals surface area contributed by atoms with Crippen LogP contribution < -0.4 is 4.90 Å². The molecule has 0 radical (unpaired) electrons. The van der Waals surface area contributed by atoms with Crippen LogP contribution in [-0.2, 0) is 27.3 Å². The van der Waals surface area contributed by atoms with Gasteiger partial charge in [-0.15, -0.1) is 0 Å². The van der Waals surface area contributed by atoms with Crippen molar-refractivity contribution < 1.29 is 14.3 Å². The molecule has 0 saturated carbocycles. The van der Waals surface area contributed by atoms with Crippen LogP contribution in [0.4, 0.5) is 5.82 Å². The van der Waals surface area contributed by atoms with E-state index in [4.69, 9.17) is 19.4 Å². The van der Waals surface area contributed by atoms with Crippen LogP contribution in [0.25, 0.3) is 0 Å². The van der Waals surface area contributed by atoms with Gasteiger partial charge in [0.2, 0.25) is 5.91 Å². The van der Waals surface area contributed by atoms with E-state index in [1.165, 1.54) is 11.1 Å². The minimum atomic E-state index is 0.0372. The second-order valence-electron chi connectivity index (χ2n) is 8.54. The number of ether oxygens (including phenoxy) is 2. The third-order valence-corrected chi connectivity index (χ3v) is 6.09. The highest BCUT2D eigenvalue weighted by molar-refractivity contribution is 5.77. The zero-order valence-electron chi connectivity index (χ0n) is 20.1. The highest BCUT2D eigenvalue weighted by Crippen LogP contribution is 2.29. The zero-order chi connectivity index (χ0) is 23.1. The lowest BCUT2D eigenvalue weighted by atomic mass is 10.0. The van der Waals surface area contributed by atoms with E-state index in [2.05, 4.69) is 49.9 Å². The molecule has 0 unspecified atom stereocenters. The van der Waals surface area contributed by atoms with Crippen molar-refractivity contribution in [3.05, 3.63) is 52.5 Å². The zero-order valence-corrected chi connectivity index (χ0v) is 20.1. The molecule has 7 heteroatoms. The molecule has 1 fully saturated rings. The molecule has 2 aromatic rings. The first-order chi connectivity index (χ1) is 15.5. The quantitative estimate of drug-likeness (QED) is 0.596. The van der Waals surface area contributed by atoms with Gasteiger partial charge in [-0.25, -0.2) is 9.97 Å². The van der Waals surface area contributed by atoms with Gasteiger partial charge >= 0.3 is 0 Å². The molecule has 7 nitrogen and oxygen atoms in total. The predicted molar refractivity (Wildman–Crippen MR) is 126 cm³/mol. The number of anilines is 1. The highest BCUT2D eigenvalue weighted by Gasteiger charge is 2.26. The number of carbonyl (C=O) groups is 1. The van der Waals surface area contributed by atoms with E-state index in [1.54, 1.807) is 14.2 Å². The van der Waals surface area contributed by atoms with Gasteiger partial charge in [0.1, 0.15) is 18.2 Å². The molecule has 0 N–H and O–H groups in total. The van der Waals surface area contributed by atoms with Crippen LogP contribution in [0.1, 0.15) is 54.4 Å². The topological polar surface area (TPSA) is 67.8 Å². The van der Waals surface area contributed by atoms with E-state index in [-0.39, 0.29) is 18.4 Å². The van der Waals surface area contributed by atoms with E-state index in [9.17, 15) is 4.79 Å². The number of nitrogens with zero attached hydrogens (tertiary/aromatic N) is 4. The molecule has 3 rings (SSSR count). The van der Waals surface area contributed by atoms with Gasteiger partial charge in [-0.05, 0) is 18.9 Å². The molecule has 174 valence electrons. The number of methoxy groups -OCH3 is 2. The van der Waals surface area contributed by atoms with Crippen molar-refractivity contribution in [2.24, 2.45) is 0 Å². The summed E-state index contributed by atoms with van der Waals surface area (Å²) in [5, 5.41) is 0. The fourth-order valence-corrected chi connectivity index (χ4v) is 4.05. The fourth-order valence-electron chi connectivity index (χ4n) is 4.05. The normalized spacial score (nSPS) is 15.2. The Labute approximate surface area is 191 Å². The second kappa shape index (κ2) is 11.4. The smallest absolute Gasteiger partial charge is 0.248 e. The fraction of sp³-hybridized carbons (Fsp3) is 0.560. The molecule has 1 saturated heterocycles. The lowest BCUT2D eigenvalue weighted by Crippen LogP contribution is -2.50. The summed E-state index contributed by atoms with van der Waals surface area (Å²) in [4.78, 5) is 26.4. The van der Waals surface area contributed by atoms with Crippen molar-refractivity contribution >= 4 is 11.7 Å². The molecule has 0 spiro atoms. The molecule has 1 aromatic heterocycles. The van der Waals surface area contributed by atoms with Crippen LogP contribution >= 0.6 is 0 Å². The lowest BCUT2D eigenvalue weighted by Gasteiger charge is -2.36. The SMILES string of the molecule is CC[C@H](C)c1nc(COC)c(Cc2cccc(C)c2)c(N2CCN(C(=O)COC)CC2)n1. The third-order valence-electron chi connectivity index (χ3n) is 6.09. The maximum absolute atomic E-state index is 12.2. The number of rotatable bonds is 9. The Morgan fingerprint density at radius 2 is 1.88 bits per heavy atom. The Kier molecular flexibility index (Phi) is 8.59. The van der Waals surface area contributed by atoms with Crippen molar-refractivity contribution in [3.8, 4) is 0 Å². The average molecular weight is 441 g/mol. The lowest BCUT2D eigenvalue weighted by molar-refractivity contribution is -0.135. The van der Waals surface area contributed by atoms with Gasteiger partial charge in [0, 0.05) is 58.3 Å². The number of carbonyl (C=O) groups excluding carboxylic acids is 1. The summed E-state index contributed by atoms with van der Waals surface area (Å²) in [7, 11) is 3.27. The van der Waals surface area contributed by atoms with Gasteiger partial charge in [0.15, 0.2) is 0 Å². The molecule has 32 heavy (non-hydrogen) atoms. The van der Waals surface area contributed by atoms with Crippen molar-refractivity contribution in [2.75, 3.05) is 51.9 Å². The first-order valence-electron chi connectivity index (χ1n) is 11.4. The number of hydrogen-bond acceptors (Lipinski definition) is 6. The van der Waals surface area contributed by atoms with E-state index in [0.717, 1.165) is 48.8 Å². The van der Waals surface area contributed by atoms with Crippen LogP contribution in [0, 0.1) is 6.92 Å². The molecule has 2 heterocycles. The first kappa shape index (κ1) is 24.1. The van der Waals surface area contributed by atoms with Gasteiger partial charge in [0.05, 0.1) is 12.3 Å². The molecule has 1 aliphatic heterocycles. The summed E-state index contributed by atoms with van der Waals surface area (Å²) in [6.45, 7) is 9.80. The van der Waals surface area contributed by atoms with Crippen molar-refractivity contribution in [3.63, 3.8) is 0 Å². The van der Waals surface area contributed by atoms with Gasteiger partial charge in [-0.2, -0.15) is 0 Å². The Balaban J connectivity index is 1.97. The Morgan fingerprint density at radius 1 is 1.12 bits per heavy atom. The van der Waals surface area contributed by atoms with Gasteiger partial charge in [-0.3, -0.25) is 4.79 Å². The van der Waals surface area contributed by atoms with Crippen LogP contribution in [0.2, 0.25) is 0 Å². The molecule has 1 aliphatic rings. The minimum absolute atomic E-state index is 0.0372. The minimum Gasteiger partial charge on any atom is -0.378 e. The number of hydrogen-bond donors (Lipinski definition) is 0. The van der Waals surface area contributed by atoms with Crippen LogP contribution in [-0.4, -0.2) is 67.8 Å². The maximum atomic E-state index is 12.2. The third kappa shape index (κ3) is 5.84. The number of aromatic nitrogens is 2. The van der Waals surface area contributed by atoms with E-state index in [0.29, 0.717) is 19.7 Å². The molecule has 0 aliphatic carbocycles. The van der Waals surface area contributed by atoms with Crippen molar-refractivity contribution in [1.82, 2.24) is 14.9 Å². The number of aryl methyl sites for hydroxylation is 1. The van der Waals surface area contributed by atoms with Crippen LogP contribution in [0.15, 0.2) is 24.3 Å². The molecular formula is C25H36N4O3. The largest absolute Gasteiger partial charge is 0.378 e. The van der Waals surface area contributed by atoms with E-state index >= 15 is 0 Å². The number of piperazine rings is 1. The van der Waals surface area contributed by atoms with E-state index < -0.39 is 0 Å². The number of amides is 1. The van der Waals surface area contributed by atoms with Crippen molar-refractivity contribution in [1.29, 1.82) is 0 Å². The molecular weight excluding hydrogens is 404 g/mol. The van der Waals surface area contributed by atoms with Gasteiger partial charge in [0.25, 0.3) is 0 Å². The standard InChI is InChI=1S/C25H36N4O3/c1-6-19(3)24-26-22(16-31-4)21(15-20-9-7-8-18(2)14-20)25(27-24)29-12-10-28(11-13-29)23(30)17-32-5/h7-9,14,19H,6,10-13,15-17H2,1-5H3/t19-/m0/s1. The molecule has 1 amide bonds. The average Bonchev–Trinajstić information content (AvgIpc) is 2.80. The van der Waals surface area contributed by atoms with Crippen LogP contribution in [0.3, 0.4) is 0 Å². The summed E-state index contributed by atoms with van der Waals surface area (Å²) in [6.07, 6.45) is 1.72. The van der Waals surface area contributed by atoms with E-state index in [1.807, 2.05) is 4.90 Å². The summed E-state index contributed by atoms with van der Waals surface area (Å²) in [6, 6.07) is 8.57. The first-order valence-corrected chi connectivity index (χ1v) is 11.4. The molecule has 0 bridgehead atoms. The number of benzene rings is 1. The Hall–Kier alpha value is -2.51. The van der Waals surface area contributed by atoms with Crippen molar-refractivity contribution in [2.45, 2.75) is 46.1 Å².